The Labute approximate surface area is 202 Å². The first-order valence-corrected chi connectivity index (χ1v) is 13.0. The van der Waals surface area contributed by atoms with E-state index >= 15 is 0 Å². The molecule has 0 amide bonds. The minimum Gasteiger partial charge on any atom is -0.359 e. The summed E-state index contributed by atoms with van der Waals surface area (Å²) in [4.78, 5) is 0.537. The Morgan fingerprint density at radius 1 is 1.15 bits per heavy atom. The van der Waals surface area contributed by atoms with E-state index in [9.17, 15) is 8.42 Å². The molecular weight excluding hydrogens is 454 g/mol. The van der Waals surface area contributed by atoms with Gasteiger partial charge in [-0.15, -0.1) is 0 Å². The fraction of sp³-hybridized carbons (Fsp3) is 0.462. The second-order valence-corrected chi connectivity index (χ2v) is 11.1. The van der Waals surface area contributed by atoms with Gasteiger partial charge in [0.2, 0.25) is 9.84 Å². The zero-order valence-corrected chi connectivity index (χ0v) is 20.7. The molecule has 0 spiro atoms. The Bertz CT molecular complexity index is 1070. The third-order valence-corrected chi connectivity index (χ3v) is 7.90. The van der Waals surface area contributed by atoms with Crippen LogP contribution in [0, 0.1) is 5.92 Å². The summed E-state index contributed by atoms with van der Waals surface area (Å²) in [5.41, 5.74) is 1.05. The lowest BCUT2D eigenvalue weighted by Crippen LogP contribution is -2.45. The fourth-order valence-electron chi connectivity index (χ4n) is 4.14. The van der Waals surface area contributed by atoms with Crippen LogP contribution in [0.25, 0.3) is 0 Å². The van der Waals surface area contributed by atoms with Gasteiger partial charge in [-0.25, -0.2) is 8.42 Å². The van der Waals surface area contributed by atoms with Crippen molar-refractivity contribution in [2.45, 2.75) is 55.7 Å². The first-order valence-electron chi connectivity index (χ1n) is 11.5. The predicted molar refractivity (Wildman–Crippen MR) is 129 cm³/mol. The van der Waals surface area contributed by atoms with Gasteiger partial charge in [-0.2, -0.15) is 0 Å². The number of hydrogen-bond acceptors (Lipinski definition) is 7. The molecule has 2 aliphatic rings. The van der Waals surface area contributed by atoms with Crippen molar-refractivity contribution in [1.82, 2.24) is 5.32 Å². The summed E-state index contributed by atoms with van der Waals surface area (Å²) in [5.74, 6) is -0.803. The number of sulfone groups is 1. The van der Waals surface area contributed by atoms with Crippen LogP contribution >= 0.6 is 0 Å². The van der Waals surface area contributed by atoms with Crippen molar-refractivity contribution in [2.24, 2.45) is 5.92 Å². The van der Waals surface area contributed by atoms with E-state index < -0.39 is 27.8 Å². The molecule has 7 nitrogen and oxygen atoms in total. The van der Waals surface area contributed by atoms with Gasteiger partial charge in [0.1, 0.15) is 12.9 Å². The van der Waals surface area contributed by atoms with Crippen LogP contribution in [0.3, 0.4) is 0 Å². The zero-order chi connectivity index (χ0) is 24.2. The molecule has 1 heterocycles. The molecule has 4 rings (SSSR count). The lowest BCUT2D eigenvalue weighted by atomic mass is 10.1. The average Bonchev–Trinajstić information content (AvgIpc) is 3.49. The lowest BCUT2D eigenvalue weighted by molar-refractivity contribution is -0.140. The summed E-state index contributed by atoms with van der Waals surface area (Å²) < 4.78 is 50.5. The van der Waals surface area contributed by atoms with Crippen LogP contribution in [0.5, 0.6) is 0 Å². The number of rotatable bonds is 11. The Kier molecular flexibility index (Phi) is 7.87. The Hall–Kier alpha value is -2.07. The maximum Gasteiger partial charge on any atom is 0.204 e. The summed E-state index contributed by atoms with van der Waals surface area (Å²) in [5, 5.41) is 3.46. The first-order chi connectivity index (χ1) is 16.3. The SMILES string of the molecule is COCO[C@@H]1C[C@H]1/C=C(\[C@@H](NCc1ccccc1)[C@H]1COC(C)(C)O1)S(=O)(=O)c1ccccc1. The smallest absolute Gasteiger partial charge is 0.204 e. The molecule has 0 bridgehead atoms. The average molecular weight is 488 g/mol. The van der Waals surface area contributed by atoms with Gasteiger partial charge in [-0.3, -0.25) is 0 Å². The maximum absolute atomic E-state index is 13.9. The highest BCUT2D eigenvalue weighted by molar-refractivity contribution is 7.95. The Balaban J connectivity index is 1.69. The van der Waals surface area contributed by atoms with Crippen LogP contribution in [-0.2, 0) is 35.3 Å². The normalized spacial score (nSPS) is 25.3. The van der Waals surface area contributed by atoms with Crippen LogP contribution in [0.1, 0.15) is 25.8 Å². The van der Waals surface area contributed by atoms with Gasteiger partial charge in [-0.1, -0.05) is 54.6 Å². The molecule has 4 atom stereocenters. The highest BCUT2D eigenvalue weighted by Gasteiger charge is 2.44. The topological polar surface area (TPSA) is 83.1 Å². The fourth-order valence-corrected chi connectivity index (χ4v) is 5.85. The van der Waals surface area contributed by atoms with E-state index in [0.717, 1.165) is 12.0 Å². The van der Waals surface area contributed by atoms with Gasteiger partial charge in [0.15, 0.2) is 5.79 Å². The zero-order valence-electron chi connectivity index (χ0n) is 19.8. The van der Waals surface area contributed by atoms with E-state index in [2.05, 4.69) is 5.32 Å². The molecule has 0 aromatic heterocycles. The van der Waals surface area contributed by atoms with Crippen LogP contribution in [0.2, 0.25) is 0 Å². The van der Waals surface area contributed by atoms with E-state index in [-0.39, 0.29) is 35.2 Å². The van der Waals surface area contributed by atoms with E-state index in [1.807, 2.05) is 50.3 Å². The van der Waals surface area contributed by atoms with Gasteiger partial charge in [-0.05, 0) is 38.0 Å². The minimum absolute atomic E-state index is 0.0139. The molecule has 0 unspecified atom stereocenters. The number of nitrogens with one attached hydrogen (secondary N) is 1. The summed E-state index contributed by atoms with van der Waals surface area (Å²) in [7, 11) is -2.23. The molecule has 1 saturated heterocycles. The highest BCUT2D eigenvalue weighted by Crippen LogP contribution is 2.39. The number of hydrogen-bond donors (Lipinski definition) is 1. The van der Waals surface area contributed by atoms with Crippen molar-refractivity contribution < 1.29 is 27.4 Å². The maximum atomic E-state index is 13.9. The van der Waals surface area contributed by atoms with Crippen molar-refractivity contribution in [3.05, 3.63) is 77.2 Å². The molecule has 1 aliphatic heterocycles. The van der Waals surface area contributed by atoms with E-state index in [0.29, 0.717) is 6.54 Å². The van der Waals surface area contributed by atoms with Crippen molar-refractivity contribution in [2.75, 3.05) is 20.5 Å². The van der Waals surface area contributed by atoms with Gasteiger partial charge < -0.3 is 24.3 Å². The molecule has 1 saturated carbocycles. The second-order valence-electron chi connectivity index (χ2n) is 9.11. The first kappa shape index (κ1) is 25.0. The van der Waals surface area contributed by atoms with Crippen molar-refractivity contribution in [3.63, 3.8) is 0 Å². The summed E-state index contributed by atoms with van der Waals surface area (Å²) in [6.45, 7) is 4.63. The molecule has 34 heavy (non-hydrogen) atoms. The van der Waals surface area contributed by atoms with Crippen molar-refractivity contribution in [1.29, 1.82) is 0 Å². The molecule has 0 radical (unpaired) electrons. The van der Waals surface area contributed by atoms with Crippen LogP contribution in [0.15, 0.2) is 76.5 Å². The summed E-state index contributed by atoms with van der Waals surface area (Å²) in [6.07, 6.45) is 2.05. The van der Waals surface area contributed by atoms with E-state index in [1.54, 1.807) is 37.4 Å². The Morgan fingerprint density at radius 3 is 2.44 bits per heavy atom. The van der Waals surface area contributed by atoms with Crippen molar-refractivity contribution >= 4 is 9.84 Å². The summed E-state index contributed by atoms with van der Waals surface area (Å²) >= 11 is 0. The molecule has 2 aromatic rings. The monoisotopic (exact) mass is 487 g/mol. The lowest BCUT2D eigenvalue weighted by Gasteiger charge is -2.28. The molecule has 2 fully saturated rings. The number of benzene rings is 2. The predicted octanol–water partition coefficient (Wildman–Crippen LogP) is 3.66. The van der Waals surface area contributed by atoms with Crippen LogP contribution in [0.4, 0.5) is 0 Å². The molecule has 2 aromatic carbocycles. The largest absolute Gasteiger partial charge is 0.359 e. The third kappa shape index (κ3) is 6.13. The number of ether oxygens (including phenoxy) is 4. The minimum atomic E-state index is -3.80. The van der Waals surface area contributed by atoms with Gasteiger partial charge in [0.05, 0.1) is 28.6 Å². The van der Waals surface area contributed by atoms with Gasteiger partial charge in [0.25, 0.3) is 0 Å². The molecular formula is C26H33NO6S. The molecule has 1 aliphatic carbocycles. The highest BCUT2D eigenvalue weighted by atomic mass is 32.2. The Morgan fingerprint density at radius 2 is 1.82 bits per heavy atom. The molecule has 8 heteroatoms. The standard InChI is InChI=1S/C26H33NO6S/c1-26(2)32-17-23(33-26)25(27-16-19-10-6-4-7-11-19)24(15-20-14-22(20)31-18-30-3)34(28,29)21-12-8-5-9-13-21/h4-13,15,20,22-23,25,27H,14,16-18H2,1-3H3/b24-15+/t20-,22+,23+,25-/m0/s1. The van der Waals surface area contributed by atoms with Crippen LogP contribution < -0.4 is 5.32 Å². The van der Waals surface area contributed by atoms with Gasteiger partial charge >= 0.3 is 0 Å². The molecule has 1 N–H and O–H groups in total. The quantitative estimate of drug-likeness (QED) is 0.484. The molecule has 184 valence electrons. The summed E-state index contributed by atoms with van der Waals surface area (Å²) in [6, 6.07) is 17.8. The van der Waals surface area contributed by atoms with Crippen molar-refractivity contribution in [3.8, 4) is 0 Å². The van der Waals surface area contributed by atoms with Crippen LogP contribution in [-0.4, -0.2) is 53.0 Å². The van der Waals surface area contributed by atoms with E-state index in [4.69, 9.17) is 18.9 Å². The van der Waals surface area contributed by atoms with E-state index in [1.165, 1.54) is 0 Å². The number of methoxy groups -OCH3 is 1. The second kappa shape index (κ2) is 10.7. The van der Waals surface area contributed by atoms with Gasteiger partial charge in [0, 0.05) is 19.6 Å². The third-order valence-electron chi connectivity index (χ3n) is 6.00.